The summed E-state index contributed by atoms with van der Waals surface area (Å²) in [5.41, 5.74) is -6.59. The number of thiol groups is 1. The number of alkyl halides is 6. The molecular formula is C9H4Cl2F6OS. The van der Waals surface area contributed by atoms with Gasteiger partial charge < -0.3 is 5.11 Å². The van der Waals surface area contributed by atoms with Crippen LogP contribution in [0.15, 0.2) is 17.0 Å². The fourth-order valence-corrected chi connectivity index (χ4v) is 1.88. The summed E-state index contributed by atoms with van der Waals surface area (Å²) in [7, 11) is 0. The highest BCUT2D eigenvalue weighted by Gasteiger charge is 2.71. The second-order valence-corrected chi connectivity index (χ2v) is 4.76. The molecule has 0 aliphatic carbocycles. The third-order valence-corrected chi connectivity index (χ3v) is 3.60. The monoisotopic (exact) mass is 344 g/mol. The highest BCUT2D eigenvalue weighted by atomic mass is 35.5. The third kappa shape index (κ3) is 2.76. The number of aliphatic hydroxyl groups is 1. The first-order chi connectivity index (χ1) is 8.32. The Balaban J connectivity index is 3.62. The lowest BCUT2D eigenvalue weighted by atomic mass is 9.92. The molecule has 1 N–H and O–H groups in total. The van der Waals surface area contributed by atoms with Crippen LogP contribution in [0.5, 0.6) is 0 Å². The Morgan fingerprint density at radius 2 is 1.21 bits per heavy atom. The SMILES string of the molecule is OC(c1cc(Cl)c(S)c(Cl)c1)(C(F)(F)F)C(F)(F)F. The van der Waals surface area contributed by atoms with Gasteiger partial charge in [0.15, 0.2) is 0 Å². The summed E-state index contributed by atoms with van der Waals surface area (Å²) in [6.07, 6.45) is -12.0. The minimum atomic E-state index is -5.99. The number of rotatable bonds is 1. The van der Waals surface area contributed by atoms with Crippen molar-refractivity contribution < 1.29 is 31.4 Å². The first-order valence-electron chi connectivity index (χ1n) is 4.36. The molecular weight excluding hydrogens is 341 g/mol. The summed E-state index contributed by atoms with van der Waals surface area (Å²) in [6.45, 7) is 0. The van der Waals surface area contributed by atoms with Crippen LogP contribution in [0.4, 0.5) is 26.3 Å². The van der Waals surface area contributed by atoms with Crippen LogP contribution in [0.25, 0.3) is 0 Å². The Morgan fingerprint density at radius 3 is 1.47 bits per heavy atom. The van der Waals surface area contributed by atoms with Crippen molar-refractivity contribution in [3.05, 3.63) is 27.7 Å². The summed E-state index contributed by atoms with van der Waals surface area (Å²) < 4.78 is 75.4. The van der Waals surface area contributed by atoms with Crippen molar-refractivity contribution in [3.63, 3.8) is 0 Å². The Kier molecular flexibility index (Phi) is 4.32. The lowest BCUT2D eigenvalue weighted by Gasteiger charge is -2.33. The first-order valence-corrected chi connectivity index (χ1v) is 5.57. The molecule has 0 heterocycles. The standard InChI is InChI=1S/C9H4Cl2F6OS/c10-4-1-3(2-5(11)6(4)19)7(18,8(12,13)14)9(15,16)17/h1-2,18-19H. The largest absolute Gasteiger partial charge is 0.430 e. The Hall–Kier alpha value is -0.310. The minimum Gasteiger partial charge on any atom is -0.369 e. The molecule has 0 atom stereocenters. The van der Waals surface area contributed by atoms with Crippen LogP contribution >= 0.6 is 35.8 Å². The molecule has 1 aromatic rings. The normalized spacial score (nSPS) is 13.8. The van der Waals surface area contributed by atoms with E-state index in [1.165, 1.54) is 0 Å². The average Bonchev–Trinajstić information content (AvgIpc) is 2.20. The van der Waals surface area contributed by atoms with Gasteiger partial charge >= 0.3 is 12.4 Å². The van der Waals surface area contributed by atoms with E-state index in [-0.39, 0.29) is 4.90 Å². The van der Waals surface area contributed by atoms with Gasteiger partial charge in [-0.2, -0.15) is 26.3 Å². The Morgan fingerprint density at radius 1 is 0.895 bits per heavy atom. The Labute approximate surface area is 118 Å². The quantitative estimate of drug-likeness (QED) is 0.563. The van der Waals surface area contributed by atoms with Crippen LogP contribution in [0, 0.1) is 0 Å². The maximum atomic E-state index is 12.6. The molecule has 0 unspecified atom stereocenters. The van der Waals surface area contributed by atoms with Crippen molar-refractivity contribution in [2.75, 3.05) is 0 Å². The van der Waals surface area contributed by atoms with Gasteiger partial charge in [0.05, 0.1) is 10.0 Å². The lowest BCUT2D eigenvalue weighted by Crippen LogP contribution is -2.53. The molecule has 0 aliphatic heterocycles. The van der Waals surface area contributed by atoms with Crippen LogP contribution in [-0.2, 0) is 5.60 Å². The van der Waals surface area contributed by atoms with Crippen LogP contribution in [0.3, 0.4) is 0 Å². The van der Waals surface area contributed by atoms with Crippen molar-refractivity contribution in [1.82, 2.24) is 0 Å². The number of benzene rings is 1. The van der Waals surface area contributed by atoms with Crippen molar-refractivity contribution in [2.24, 2.45) is 0 Å². The van der Waals surface area contributed by atoms with Crippen LogP contribution in [0.2, 0.25) is 10.0 Å². The number of hydrogen-bond acceptors (Lipinski definition) is 2. The number of halogens is 8. The molecule has 1 nitrogen and oxygen atoms in total. The number of hydrogen-bond donors (Lipinski definition) is 2. The molecule has 19 heavy (non-hydrogen) atoms. The molecule has 0 aliphatic rings. The van der Waals surface area contributed by atoms with Crippen molar-refractivity contribution in [1.29, 1.82) is 0 Å². The van der Waals surface area contributed by atoms with Crippen molar-refractivity contribution in [3.8, 4) is 0 Å². The van der Waals surface area contributed by atoms with E-state index in [1.54, 1.807) is 0 Å². The van der Waals surface area contributed by atoms with Gasteiger partial charge in [-0.3, -0.25) is 0 Å². The van der Waals surface area contributed by atoms with E-state index in [1.807, 2.05) is 0 Å². The molecule has 1 aromatic carbocycles. The summed E-state index contributed by atoms with van der Waals surface area (Å²) in [4.78, 5) is -0.196. The summed E-state index contributed by atoms with van der Waals surface area (Å²) in [6, 6.07) is 0.632. The van der Waals surface area contributed by atoms with Crippen LogP contribution in [-0.4, -0.2) is 17.5 Å². The van der Waals surface area contributed by atoms with Gasteiger partial charge in [0.2, 0.25) is 0 Å². The molecule has 0 saturated carbocycles. The molecule has 0 spiro atoms. The van der Waals surface area contributed by atoms with Gasteiger partial charge in [-0.15, -0.1) is 12.6 Å². The van der Waals surface area contributed by atoms with Gasteiger partial charge in [0.1, 0.15) is 0 Å². The molecule has 0 amide bonds. The van der Waals surface area contributed by atoms with E-state index in [2.05, 4.69) is 12.6 Å². The first kappa shape index (κ1) is 16.7. The highest BCUT2D eigenvalue weighted by Crippen LogP contribution is 2.51. The van der Waals surface area contributed by atoms with E-state index in [9.17, 15) is 26.3 Å². The fourth-order valence-electron chi connectivity index (χ4n) is 1.26. The van der Waals surface area contributed by atoms with Gasteiger partial charge in [-0.25, -0.2) is 0 Å². The zero-order valence-corrected chi connectivity index (χ0v) is 11.0. The van der Waals surface area contributed by atoms with E-state index < -0.39 is 33.6 Å². The molecule has 0 aromatic heterocycles. The predicted octanol–water partition coefficient (Wildman–Crippen LogP) is 4.59. The van der Waals surface area contributed by atoms with Gasteiger partial charge in [-0.1, -0.05) is 23.2 Å². The lowest BCUT2D eigenvalue weighted by molar-refractivity contribution is -0.376. The minimum absolute atomic E-state index is 0.196. The van der Waals surface area contributed by atoms with E-state index in [0.717, 1.165) is 0 Å². The van der Waals surface area contributed by atoms with Crippen LogP contribution in [0.1, 0.15) is 5.56 Å². The summed E-state index contributed by atoms with van der Waals surface area (Å²) in [5, 5.41) is 8.02. The van der Waals surface area contributed by atoms with Gasteiger partial charge in [-0.05, 0) is 12.1 Å². The molecule has 0 saturated heterocycles. The van der Waals surface area contributed by atoms with Crippen molar-refractivity contribution in [2.45, 2.75) is 22.8 Å². The maximum absolute atomic E-state index is 12.6. The molecule has 1 rings (SSSR count). The summed E-state index contributed by atoms with van der Waals surface area (Å²) in [5.74, 6) is 0. The second-order valence-electron chi connectivity index (χ2n) is 3.49. The molecule has 0 fully saturated rings. The van der Waals surface area contributed by atoms with Crippen LogP contribution < -0.4 is 0 Å². The van der Waals surface area contributed by atoms with E-state index in [0.29, 0.717) is 12.1 Å². The van der Waals surface area contributed by atoms with Gasteiger partial charge in [0.25, 0.3) is 5.60 Å². The summed E-state index contributed by atoms with van der Waals surface area (Å²) >= 11 is 14.5. The van der Waals surface area contributed by atoms with Crippen molar-refractivity contribution >= 4 is 35.8 Å². The van der Waals surface area contributed by atoms with Gasteiger partial charge in [0, 0.05) is 10.5 Å². The zero-order valence-electron chi connectivity index (χ0n) is 8.57. The zero-order chi connectivity index (χ0) is 15.2. The maximum Gasteiger partial charge on any atom is 0.430 e. The molecule has 108 valence electrons. The predicted molar refractivity (Wildman–Crippen MR) is 59.7 cm³/mol. The van der Waals surface area contributed by atoms with E-state index in [4.69, 9.17) is 28.3 Å². The highest BCUT2D eigenvalue weighted by molar-refractivity contribution is 7.80. The topological polar surface area (TPSA) is 20.2 Å². The molecule has 0 bridgehead atoms. The smallest absolute Gasteiger partial charge is 0.369 e. The molecule has 10 heteroatoms. The second kappa shape index (κ2) is 4.91. The Bertz CT molecular complexity index is 461. The fraction of sp³-hybridized carbons (Fsp3) is 0.333. The third-order valence-electron chi connectivity index (χ3n) is 2.26. The average molecular weight is 345 g/mol. The van der Waals surface area contributed by atoms with E-state index >= 15 is 0 Å². The molecule has 0 radical (unpaired) electrons.